The Hall–Kier alpha value is -2.99. The second kappa shape index (κ2) is 7.20. The second-order valence-corrected chi connectivity index (χ2v) is 7.23. The van der Waals surface area contributed by atoms with Gasteiger partial charge in [-0.25, -0.2) is 14.6 Å². The van der Waals surface area contributed by atoms with Crippen molar-refractivity contribution < 1.29 is 0 Å². The van der Waals surface area contributed by atoms with Crippen LogP contribution in [0, 0.1) is 20.8 Å². The molecule has 0 unspecified atom stereocenters. The summed E-state index contributed by atoms with van der Waals surface area (Å²) in [5, 5.41) is 9.87. The molecule has 4 aromatic rings. The van der Waals surface area contributed by atoms with E-state index in [2.05, 4.69) is 34.1 Å². The van der Waals surface area contributed by atoms with Crippen molar-refractivity contribution in [3.63, 3.8) is 0 Å². The van der Waals surface area contributed by atoms with Crippen LogP contribution in [0.4, 0.5) is 0 Å². The van der Waals surface area contributed by atoms with E-state index in [4.69, 9.17) is 16.7 Å². The van der Waals surface area contributed by atoms with Crippen molar-refractivity contribution in [1.29, 1.82) is 0 Å². The van der Waals surface area contributed by atoms with Gasteiger partial charge in [0.1, 0.15) is 6.33 Å². The van der Waals surface area contributed by atoms with Crippen LogP contribution in [0.5, 0.6) is 0 Å². The number of rotatable bonds is 4. The topological polar surface area (TPSA) is 61.4 Å². The number of halogens is 1. The highest BCUT2D eigenvalue weighted by Crippen LogP contribution is 2.26. The Morgan fingerprint density at radius 2 is 1.75 bits per heavy atom. The molecule has 0 fully saturated rings. The summed E-state index contributed by atoms with van der Waals surface area (Å²) in [4.78, 5) is 8.83. The molecule has 4 rings (SSSR count). The molecular weight excluding hydrogens is 372 g/mol. The van der Waals surface area contributed by atoms with Crippen molar-refractivity contribution in [2.24, 2.45) is 7.05 Å². The van der Waals surface area contributed by atoms with Crippen LogP contribution in [-0.4, -0.2) is 29.5 Å². The summed E-state index contributed by atoms with van der Waals surface area (Å²) in [5.74, 6) is 0.709. The van der Waals surface area contributed by atoms with Gasteiger partial charge in [0.25, 0.3) is 0 Å². The monoisotopic (exact) mass is 392 g/mol. The molecule has 0 atom stereocenters. The summed E-state index contributed by atoms with van der Waals surface area (Å²) >= 11 is 6.28. The minimum absolute atomic E-state index is 0.657. The molecule has 0 amide bonds. The Morgan fingerprint density at radius 3 is 2.43 bits per heavy atom. The predicted molar refractivity (Wildman–Crippen MR) is 110 cm³/mol. The first-order valence-corrected chi connectivity index (χ1v) is 9.44. The van der Waals surface area contributed by atoms with Gasteiger partial charge >= 0.3 is 0 Å². The summed E-state index contributed by atoms with van der Waals surface area (Å²) in [6.45, 7) is 5.92. The lowest BCUT2D eigenvalue weighted by Crippen LogP contribution is -2.06. The lowest BCUT2D eigenvalue weighted by Gasteiger charge is -2.07. The standard InChI is InChI=1S/C21H21ClN6/c1-13-18(27(4)26-21(13)16-8-6-5-7-9-16)10-17-11-19(24-12-23-17)28-15(3)20(22)14(2)25-28/h5-9,11-12H,10H2,1-4H3. The van der Waals surface area contributed by atoms with Gasteiger partial charge < -0.3 is 0 Å². The number of nitrogens with zero attached hydrogens (tertiary/aromatic N) is 6. The molecule has 0 radical (unpaired) electrons. The number of aryl methyl sites for hydroxylation is 2. The van der Waals surface area contributed by atoms with Gasteiger partial charge in [0.2, 0.25) is 0 Å². The van der Waals surface area contributed by atoms with Crippen molar-refractivity contribution in [2.45, 2.75) is 27.2 Å². The van der Waals surface area contributed by atoms with Gasteiger partial charge in [-0.15, -0.1) is 0 Å². The SMILES string of the molecule is Cc1nn(-c2cc(Cc3c(C)c(-c4ccccc4)nn3C)ncn2)c(C)c1Cl. The first-order chi connectivity index (χ1) is 13.5. The van der Waals surface area contributed by atoms with Crippen LogP contribution >= 0.6 is 11.6 Å². The summed E-state index contributed by atoms with van der Waals surface area (Å²) in [5.41, 5.74) is 6.94. The summed E-state index contributed by atoms with van der Waals surface area (Å²) < 4.78 is 3.69. The smallest absolute Gasteiger partial charge is 0.157 e. The average molecular weight is 393 g/mol. The molecule has 0 saturated carbocycles. The zero-order valence-electron chi connectivity index (χ0n) is 16.3. The van der Waals surface area contributed by atoms with Gasteiger partial charge in [0, 0.05) is 30.8 Å². The molecule has 6 nitrogen and oxygen atoms in total. The van der Waals surface area contributed by atoms with E-state index < -0.39 is 0 Å². The molecule has 0 aliphatic rings. The molecule has 142 valence electrons. The summed E-state index contributed by atoms with van der Waals surface area (Å²) in [6, 6.07) is 12.2. The van der Waals surface area contributed by atoms with E-state index in [1.807, 2.05) is 49.8 Å². The molecule has 0 spiro atoms. The van der Waals surface area contributed by atoms with Crippen molar-refractivity contribution in [3.8, 4) is 17.1 Å². The molecule has 3 aromatic heterocycles. The molecule has 0 aliphatic heterocycles. The maximum atomic E-state index is 6.28. The van der Waals surface area contributed by atoms with E-state index in [1.165, 1.54) is 0 Å². The highest BCUT2D eigenvalue weighted by atomic mass is 35.5. The Morgan fingerprint density at radius 1 is 1.00 bits per heavy atom. The average Bonchev–Trinajstić information content (AvgIpc) is 3.13. The zero-order valence-corrected chi connectivity index (χ0v) is 17.1. The third-order valence-electron chi connectivity index (χ3n) is 4.95. The first-order valence-electron chi connectivity index (χ1n) is 9.06. The first kappa shape index (κ1) is 18.4. The maximum absolute atomic E-state index is 6.28. The van der Waals surface area contributed by atoms with E-state index in [0.717, 1.165) is 39.6 Å². The Kier molecular flexibility index (Phi) is 4.73. The normalized spacial score (nSPS) is 11.2. The van der Waals surface area contributed by atoms with E-state index in [9.17, 15) is 0 Å². The molecule has 0 aliphatic carbocycles. The Bertz CT molecular complexity index is 1140. The minimum Gasteiger partial charge on any atom is -0.271 e. The molecule has 3 heterocycles. The lowest BCUT2D eigenvalue weighted by atomic mass is 10.0. The van der Waals surface area contributed by atoms with Gasteiger partial charge in [0.05, 0.1) is 27.8 Å². The van der Waals surface area contributed by atoms with Gasteiger partial charge in [-0.3, -0.25) is 4.68 Å². The maximum Gasteiger partial charge on any atom is 0.157 e. The third-order valence-corrected chi connectivity index (χ3v) is 5.50. The number of hydrogen-bond donors (Lipinski definition) is 0. The fourth-order valence-electron chi connectivity index (χ4n) is 3.40. The highest BCUT2D eigenvalue weighted by Gasteiger charge is 2.16. The van der Waals surface area contributed by atoms with Crippen LogP contribution < -0.4 is 0 Å². The van der Waals surface area contributed by atoms with Crippen molar-refractivity contribution >= 4 is 11.6 Å². The molecular formula is C21H21ClN6. The quantitative estimate of drug-likeness (QED) is 0.521. The van der Waals surface area contributed by atoms with E-state index >= 15 is 0 Å². The molecule has 28 heavy (non-hydrogen) atoms. The fraction of sp³-hybridized carbons (Fsp3) is 0.238. The van der Waals surface area contributed by atoms with E-state index in [0.29, 0.717) is 17.3 Å². The van der Waals surface area contributed by atoms with Crippen LogP contribution in [0.1, 0.15) is 28.3 Å². The molecule has 0 N–H and O–H groups in total. The lowest BCUT2D eigenvalue weighted by molar-refractivity contribution is 0.718. The van der Waals surface area contributed by atoms with Gasteiger partial charge in [-0.05, 0) is 26.3 Å². The Labute approximate surface area is 168 Å². The number of aromatic nitrogens is 6. The van der Waals surface area contributed by atoms with Crippen LogP contribution in [0.2, 0.25) is 5.02 Å². The highest BCUT2D eigenvalue weighted by molar-refractivity contribution is 6.31. The van der Waals surface area contributed by atoms with Gasteiger partial charge in [-0.1, -0.05) is 41.9 Å². The van der Waals surface area contributed by atoms with E-state index in [1.54, 1.807) is 11.0 Å². The van der Waals surface area contributed by atoms with E-state index in [-0.39, 0.29) is 0 Å². The van der Waals surface area contributed by atoms with Crippen LogP contribution in [0.15, 0.2) is 42.7 Å². The zero-order chi connectivity index (χ0) is 19.8. The Balaban J connectivity index is 1.69. The summed E-state index contributed by atoms with van der Waals surface area (Å²) in [7, 11) is 1.97. The van der Waals surface area contributed by atoms with Crippen molar-refractivity contribution in [1.82, 2.24) is 29.5 Å². The van der Waals surface area contributed by atoms with Crippen LogP contribution in [-0.2, 0) is 13.5 Å². The number of hydrogen-bond acceptors (Lipinski definition) is 4. The summed E-state index contributed by atoms with van der Waals surface area (Å²) in [6.07, 6.45) is 2.23. The van der Waals surface area contributed by atoms with Gasteiger partial charge in [0.15, 0.2) is 5.82 Å². The van der Waals surface area contributed by atoms with Crippen molar-refractivity contribution in [2.75, 3.05) is 0 Å². The van der Waals surface area contributed by atoms with Crippen LogP contribution in [0.3, 0.4) is 0 Å². The van der Waals surface area contributed by atoms with Gasteiger partial charge in [-0.2, -0.15) is 10.2 Å². The molecule has 7 heteroatoms. The third kappa shape index (κ3) is 3.20. The minimum atomic E-state index is 0.657. The molecule has 0 saturated heterocycles. The molecule has 0 bridgehead atoms. The number of benzene rings is 1. The van der Waals surface area contributed by atoms with Crippen molar-refractivity contribution in [3.05, 3.63) is 76.1 Å². The molecule has 1 aromatic carbocycles. The largest absolute Gasteiger partial charge is 0.271 e. The van der Waals surface area contributed by atoms with Crippen LogP contribution in [0.25, 0.3) is 17.1 Å². The second-order valence-electron chi connectivity index (χ2n) is 6.85. The predicted octanol–water partition coefficient (Wildman–Crippen LogP) is 4.23. The fourth-order valence-corrected chi connectivity index (χ4v) is 3.52.